The van der Waals surface area contributed by atoms with Crippen LogP contribution in [-0.4, -0.2) is 65.8 Å². The van der Waals surface area contributed by atoms with Gasteiger partial charge in [0.2, 0.25) is 12.3 Å². The molecule has 1 saturated heterocycles. The minimum absolute atomic E-state index is 0.253. The van der Waals surface area contributed by atoms with E-state index in [-0.39, 0.29) is 12.4 Å². The molecule has 2 unspecified atom stereocenters. The summed E-state index contributed by atoms with van der Waals surface area (Å²) in [6.07, 6.45) is 0.675. The topological polar surface area (TPSA) is 113 Å². The average Bonchev–Trinajstić information content (AvgIpc) is 2.49. The van der Waals surface area contributed by atoms with Crippen LogP contribution < -0.4 is 5.32 Å². The van der Waals surface area contributed by atoms with Gasteiger partial charge in [0.1, 0.15) is 12.6 Å². The second-order valence-corrected chi connectivity index (χ2v) is 5.60. The maximum atomic E-state index is 11.8. The Labute approximate surface area is 131 Å². The molecule has 8 nitrogen and oxygen atoms in total. The first-order chi connectivity index (χ1) is 10.4. The molecule has 122 valence electrons. The first-order valence-electron chi connectivity index (χ1n) is 6.49. The van der Waals surface area contributed by atoms with Gasteiger partial charge in [-0.05, 0) is 17.9 Å². The lowest BCUT2D eigenvalue weighted by atomic mass is 9.90. The highest BCUT2D eigenvalue weighted by molar-refractivity contribution is 8.02. The van der Waals surface area contributed by atoms with Gasteiger partial charge in [-0.25, -0.2) is 0 Å². The molecule has 0 radical (unpaired) electrons. The molecule has 0 aliphatic carbocycles. The van der Waals surface area contributed by atoms with Crippen molar-refractivity contribution < 1.29 is 29.0 Å². The normalized spacial score (nSPS) is 21.1. The van der Waals surface area contributed by atoms with Crippen LogP contribution in [0.4, 0.5) is 0 Å². The third-order valence-corrected chi connectivity index (χ3v) is 4.12. The number of methoxy groups -OCH3 is 1. The van der Waals surface area contributed by atoms with Crippen molar-refractivity contribution in [3.8, 4) is 0 Å². The zero-order chi connectivity index (χ0) is 16.7. The predicted octanol–water partition coefficient (Wildman–Crippen LogP) is -0.403. The van der Waals surface area contributed by atoms with E-state index in [0.29, 0.717) is 12.2 Å². The third kappa shape index (κ3) is 4.48. The van der Waals surface area contributed by atoms with Crippen molar-refractivity contribution >= 4 is 36.0 Å². The predicted molar refractivity (Wildman–Crippen MR) is 79.0 cm³/mol. The molecule has 1 rings (SSSR count). The summed E-state index contributed by atoms with van der Waals surface area (Å²) in [5.41, 5.74) is 0.745. The van der Waals surface area contributed by atoms with Crippen molar-refractivity contribution in [2.75, 3.05) is 19.4 Å². The Morgan fingerprint density at radius 3 is 2.73 bits per heavy atom. The molecule has 0 bridgehead atoms. The van der Waals surface area contributed by atoms with Gasteiger partial charge in [-0.15, -0.1) is 11.8 Å². The number of likely N-dealkylation sites (tertiary alicyclic amines) is 1. The molecule has 0 spiro atoms. The van der Waals surface area contributed by atoms with Crippen LogP contribution in [-0.2, 0) is 23.9 Å². The van der Waals surface area contributed by atoms with Crippen LogP contribution in [0.5, 0.6) is 0 Å². The molecule has 0 aromatic heterocycles. The van der Waals surface area contributed by atoms with E-state index >= 15 is 0 Å². The van der Waals surface area contributed by atoms with Gasteiger partial charge >= 0.3 is 11.9 Å². The van der Waals surface area contributed by atoms with Gasteiger partial charge in [0, 0.05) is 5.75 Å². The lowest BCUT2D eigenvalue weighted by molar-refractivity contribution is -0.157. The van der Waals surface area contributed by atoms with E-state index in [4.69, 9.17) is 5.11 Å². The van der Waals surface area contributed by atoms with Crippen LogP contribution in [0.15, 0.2) is 11.0 Å². The Morgan fingerprint density at radius 1 is 1.50 bits per heavy atom. The molecule has 0 aromatic rings. The Bertz CT molecular complexity index is 493. The number of nitrogens with one attached hydrogen (secondary N) is 1. The van der Waals surface area contributed by atoms with E-state index in [0.717, 1.165) is 5.57 Å². The van der Waals surface area contributed by atoms with Crippen molar-refractivity contribution in [1.82, 2.24) is 10.2 Å². The lowest BCUT2D eigenvalue weighted by Gasteiger charge is -2.46. The zero-order valence-electron chi connectivity index (χ0n) is 12.3. The number of ether oxygens (including phenoxy) is 1. The van der Waals surface area contributed by atoms with Crippen molar-refractivity contribution in [2.24, 2.45) is 0 Å². The summed E-state index contributed by atoms with van der Waals surface area (Å²) in [5, 5.41) is 13.0. The Kier molecular flexibility index (Phi) is 6.90. The fourth-order valence-corrected chi connectivity index (χ4v) is 2.92. The number of esters is 1. The number of carbonyl (C=O) groups is 4. The summed E-state index contributed by atoms with van der Waals surface area (Å²) in [6.45, 7) is 1.33. The number of hydrogen-bond donors (Lipinski definition) is 2. The van der Waals surface area contributed by atoms with Crippen LogP contribution in [0, 0.1) is 0 Å². The molecule has 9 heteroatoms. The molecular formula is C13H18N2O6S. The van der Waals surface area contributed by atoms with Crippen LogP contribution >= 0.6 is 11.8 Å². The molecule has 2 atom stereocenters. The second kappa shape index (κ2) is 8.42. The Morgan fingerprint density at radius 2 is 2.18 bits per heavy atom. The summed E-state index contributed by atoms with van der Waals surface area (Å²) in [4.78, 5) is 45.3. The van der Waals surface area contributed by atoms with Crippen LogP contribution in [0.1, 0.15) is 13.3 Å². The minimum Gasteiger partial charge on any atom is -0.480 e. The van der Waals surface area contributed by atoms with E-state index in [2.05, 4.69) is 10.1 Å². The van der Waals surface area contributed by atoms with Gasteiger partial charge in [-0.3, -0.25) is 19.2 Å². The van der Waals surface area contributed by atoms with Gasteiger partial charge in [0.25, 0.3) is 0 Å². The number of amides is 2. The van der Waals surface area contributed by atoms with E-state index < -0.39 is 30.5 Å². The van der Waals surface area contributed by atoms with Crippen LogP contribution in [0.3, 0.4) is 0 Å². The second-order valence-electron chi connectivity index (χ2n) is 4.63. The molecule has 0 aromatic carbocycles. The summed E-state index contributed by atoms with van der Waals surface area (Å²) < 4.78 is 4.52. The molecule has 2 N–H and O–H groups in total. The molecule has 1 heterocycles. The fraction of sp³-hybridized carbons (Fsp3) is 0.538. The zero-order valence-corrected chi connectivity index (χ0v) is 13.1. The molecule has 1 aliphatic heterocycles. The van der Waals surface area contributed by atoms with Crippen molar-refractivity contribution in [1.29, 1.82) is 0 Å². The quantitative estimate of drug-likeness (QED) is 0.256. The lowest BCUT2D eigenvalue weighted by Crippen LogP contribution is -2.70. The highest BCUT2D eigenvalue weighted by Gasteiger charge is 2.48. The Hall–Kier alpha value is -2.03. The molecule has 22 heavy (non-hydrogen) atoms. The molecule has 0 saturated carbocycles. The van der Waals surface area contributed by atoms with Gasteiger partial charge < -0.3 is 20.1 Å². The maximum Gasteiger partial charge on any atom is 0.323 e. The number of carbonyl (C=O) groups excluding carboxylic acids is 3. The number of carboxylic acid groups (broad SMARTS) is 1. The number of aliphatic carboxylic acids is 1. The number of β-lactam (4-membered cyclic amide) rings is 1. The number of hydrogen-bond acceptors (Lipinski definition) is 6. The molecular weight excluding hydrogens is 312 g/mol. The van der Waals surface area contributed by atoms with Gasteiger partial charge in [-0.2, -0.15) is 0 Å². The smallest absolute Gasteiger partial charge is 0.323 e. The number of nitrogens with zero attached hydrogens (tertiary/aromatic N) is 1. The highest BCUT2D eigenvalue weighted by atomic mass is 32.2. The SMILES string of the molecule is COC(=O)CCSC=C(C)C1C(NC=O)C(=O)N1CC(=O)O. The van der Waals surface area contributed by atoms with Gasteiger partial charge in [-0.1, -0.05) is 0 Å². The van der Waals surface area contributed by atoms with Crippen molar-refractivity contribution in [3.63, 3.8) is 0 Å². The average molecular weight is 330 g/mol. The molecule has 1 aliphatic rings. The first kappa shape index (κ1) is 18.0. The van der Waals surface area contributed by atoms with Crippen molar-refractivity contribution in [2.45, 2.75) is 25.4 Å². The molecule has 1 fully saturated rings. The number of carboxylic acids is 1. The van der Waals surface area contributed by atoms with Gasteiger partial charge in [0.15, 0.2) is 0 Å². The monoisotopic (exact) mass is 330 g/mol. The minimum atomic E-state index is -1.12. The van der Waals surface area contributed by atoms with E-state index in [1.165, 1.54) is 23.8 Å². The maximum absolute atomic E-state index is 11.8. The third-order valence-electron chi connectivity index (χ3n) is 3.14. The van der Waals surface area contributed by atoms with E-state index in [1.807, 2.05) is 0 Å². The largest absolute Gasteiger partial charge is 0.480 e. The van der Waals surface area contributed by atoms with Crippen molar-refractivity contribution in [3.05, 3.63) is 11.0 Å². The van der Waals surface area contributed by atoms with Crippen LogP contribution in [0.2, 0.25) is 0 Å². The summed E-state index contributed by atoms with van der Waals surface area (Å²) in [6, 6.07) is -1.23. The first-order valence-corrected chi connectivity index (χ1v) is 7.54. The van der Waals surface area contributed by atoms with Crippen LogP contribution in [0.25, 0.3) is 0 Å². The molecule has 2 amide bonds. The summed E-state index contributed by atoms with van der Waals surface area (Å²) in [5.74, 6) is -1.35. The van der Waals surface area contributed by atoms with E-state index in [1.54, 1.807) is 12.3 Å². The van der Waals surface area contributed by atoms with Gasteiger partial charge in [0.05, 0.1) is 19.6 Å². The number of thioether (sulfide) groups is 1. The fourth-order valence-electron chi connectivity index (χ4n) is 2.12. The summed E-state index contributed by atoms with van der Waals surface area (Å²) in [7, 11) is 1.31. The highest BCUT2D eigenvalue weighted by Crippen LogP contribution is 2.27. The number of rotatable bonds is 9. The van der Waals surface area contributed by atoms with E-state index in [9.17, 15) is 19.2 Å². The standard InChI is InChI=1S/C13H18N2O6S/c1-8(6-22-4-3-10(19)21-2)12-11(14-7-16)13(20)15(12)5-9(17)18/h6-7,11-12H,3-5H2,1-2H3,(H,14,16)(H,17,18). The Balaban J connectivity index is 2.66. The summed E-state index contributed by atoms with van der Waals surface area (Å²) >= 11 is 1.36.